The van der Waals surface area contributed by atoms with Crippen molar-refractivity contribution >= 4 is 40.3 Å². The number of hydrogen-bond acceptors (Lipinski definition) is 6. The summed E-state index contributed by atoms with van der Waals surface area (Å²) >= 11 is 5.91. The van der Waals surface area contributed by atoms with Crippen molar-refractivity contribution in [1.29, 1.82) is 0 Å². The van der Waals surface area contributed by atoms with Crippen LogP contribution < -0.4 is 5.32 Å². The number of carbonyl (C=O) groups is 2. The molecule has 41 heavy (non-hydrogen) atoms. The van der Waals surface area contributed by atoms with Crippen LogP contribution in [0.2, 0.25) is 5.02 Å². The van der Waals surface area contributed by atoms with Crippen molar-refractivity contribution in [3.63, 3.8) is 0 Å². The van der Waals surface area contributed by atoms with Crippen LogP contribution in [0.5, 0.6) is 0 Å². The van der Waals surface area contributed by atoms with Gasteiger partial charge in [-0.15, -0.1) is 0 Å². The molecule has 214 valence electrons. The fourth-order valence-electron chi connectivity index (χ4n) is 5.38. The molecule has 1 amide bonds. The molecule has 0 spiro atoms. The second kappa shape index (κ2) is 10.8. The fraction of sp³-hybridized carbons (Fsp3) is 0.355. The average molecular weight is 578 g/mol. The number of likely N-dealkylation sites (tertiary alicyclic amines) is 1. The SMILES string of the molecule is COC(=O)c1c(C)cc(N[C@H]2CCN(C(=O)c3ccc4c(-c5ccc(Cl)c(F)c5)cn(C(C)(C)C)c4n3)C2)nc1C. The second-order valence-electron chi connectivity index (χ2n) is 11.4. The molecule has 1 fully saturated rings. The first-order chi connectivity index (χ1) is 19.4. The third-order valence-corrected chi connectivity index (χ3v) is 7.75. The summed E-state index contributed by atoms with van der Waals surface area (Å²) < 4.78 is 21.2. The zero-order chi connectivity index (χ0) is 29.6. The number of halogens is 2. The minimum absolute atomic E-state index is 0.00259. The van der Waals surface area contributed by atoms with Gasteiger partial charge < -0.3 is 19.5 Å². The molecule has 1 N–H and O–H groups in total. The van der Waals surface area contributed by atoms with Crippen LogP contribution in [0.25, 0.3) is 22.2 Å². The number of aromatic nitrogens is 3. The number of pyridine rings is 2. The Bertz CT molecular complexity index is 1650. The van der Waals surface area contributed by atoms with Gasteiger partial charge in [0.2, 0.25) is 0 Å². The van der Waals surface area contributed by atoms with E-state index in [1.165, 1.54) is 13.2 Å². The fourth-order valence-corrected chi connectivity index (χ4v) is 5.49. The predicted molar refractivity (Wildman–Crippen MR) is 158 cm³/mol. The normalized spacial score (nSPS) is 15.4. The van der Waals surface area contributed by atoms with Crippen LogP contribution in [0.15, 0.2) is 42.6 Å². The third kappa shape index (κ3) is 5.51. The number of ether oxygens (including phenoxy) is 1. The van der Waals surface area contributed by atoms with E-state index in [0.717, 1.165) is 22.9 Å². The van der Waals surface area contributed by atoms with E-state index in [4.69, 9.17) is 21.3 Å². The molecule has 1 aliphatic heterocycles. The van der Waals surface area contributed by atoms with Gasteiger partial charge in [-0.3, -0.25) is 4.79 Å². The third-order valence-electron chi connectivity index (χ3n) is 7.44. The van der Waals surface area contributed by atoms with Crippen LogP contribution in [-0.4, -0.2) is 57.6 Å². The number of rotatable bonds is 5. The monoisotopic (exact) mass is 577 g/mol. The van der Waals surface area contributed by atoms with Gasteiger partial charge in [0.15, 0.2) is 0 Å². The van der Waals surface area contributed by atoms with Crippen LogP contribution >= 0.6 is 11.6 Å². The number of fused-ring (bicyclic) bond motifs is 1. The number of benzene rings is 1. The number of esters is 1. The number of nitrogens with zero attached hydrogens (tertiary/aromatic N) is 4. The standard InChI is InChI=1S/C31H33ClFN5O3/c1-17-13-26(34-18(2)27(17)30(40)41-6)35-20-11-12-37(15-20)29(39)25-10-8-21-22(19-7-9-23(32)24(33)14-19)16-38(28(21)36-25)31(3,4)5/h7-10,13-14,16,20H,11-12,15H2,1-6H3,(H,34,35)/t20-/m0/s1. The van der Waals surface area contributed by atoms with Crippen molar-refractivity contribution in [3.05, 3.63) is 75.9 Å². The van der Waals surface area contributed by atoms with E-state index in [9.17, 15) is 14.0 Å². The Labute approximate surface area is 243 Å². The largest absolute Gasteiger partial charge is 0.465 e. The van der Waals surface area contributed by atoms with Crippen molar-refractivity contribution in [2.24, 2.45) is 0 Å². The Kier molecular flexibility index (Phi) is 7.50. The molecule has 1 saturated heterocycles. The molecule has 4 aromatic rings. The number of anilines is 1. The Balaban J connectivity index is 1.39. The van der Waals surface area contributed by atoms with Crippen molar-refractivity contribution in [1.82, 2.24) is 19.4 Å². The molecule has 4 heterocycles. The molecule has 1 aromatic carbocycles. The summed E-state index contributed by atoms with van der Waals surface area (Å²) in [6.07, 6.45) is 2.70. The molecule has 1 atom stereocenters. The van der Waals surface area contributed by atoms with Gasteiger partial charge in [-0.05, 0) is 82.5 Å². The zero-order valence-electron chi connectivity index (χ0n) is 24.0. The summed E-state index contributed by atoms with van der Waals surface area (Å²) in [7, 11) is 1.35. The van der Waals surface area contributed by atoms with Gasteiger partial charge in [-0.25, -0.2) is 19.2 Å². The highest BCUT2D eigenvalue weighted by molar-refractivity contribution is 6.30. The summed E-state index contributed by atoms with van der Waals surface area (Å²) in [6, 6.07) is 10.2. The lowest BCUT2D eigenvalue weighted by Crippen LogP contribution is -2.32. The molecule has 8 nitrogen and oxygen atoms in total. The van der Waals surface area contributed by atoms with Crippen molar-refractivity contribution < 1.29 is 18.7 Å². The van der Waals surface area contributed by atoms with Crippen LogP contribution in [-0.2, 0) is 10.3 Å². The van der Waals surface area contributed by atoms with Crippen molar-refractivity contribution in [3.8, 4) is 11.1 Å². The number of nitrogens with one attached hydrogen (secondary N) is 1. The molecule has 10 heteroatoms. The van der Waals surface area contributed by atoms with Crippen molar-refractivity contribution in [2.75, 3.05) is 25.5 Å². The van der Waals surface area contributed by atoms with Crippen LogP contribution in [0.4, 0.5) is 10.2 Å². The first kappa shape index (κ1) is 28.5. The minimum Gasteiger partial charge on any atom is -0.465 e. The smallest absolute Gasteiger partial charge is 0.339 e. The quantitative estimate of drug-likeness (QED) is 0.277. The van der Waals surface area contributed by atoms with E-state index in [2.05, 4.69) is 31.1 Å². The van der Waals surface area contributed by atoms with Gasteiger partial charge in [-0.2, -0.15) is 0 Å². The molecular formula is C31H33ClFN5O3. The van der Waals surface area contributed by atoms with E-state index in [1.54, 1.807) is 30.0 Å². The highest BCUT2D eigenvalue weighted by Gasteiger charge is 2.29. The second-order valence-corrected chi connectivity index (χ2v) is 11.8. The molecule has 5 rings (SSSR count). The minimum atomic E-state index is -0.488. The number of hydrogen-bond donors (Lipinski definition) is 1. The first-order valence-electron chi connectivity index (χ1n) is 13.5. The van der Waals surface area contributed by atoms with Gasteiger partial charge in [0.1, 0.15) is 23.0 Å². The molecule has 1 aliphatic rings. The number of carbonyl (C=O) groups excluding carboxylic acids is 2. The van der Waals surface area contributed by atoms with E-state index >= 15 is 0 Å². The maximum Gasteiger partial charge on any atom is 0.339 e. The Morgan fingerprint density at radius 2 is 1.88 bits per heavy atom. The van der Waals surface area contributed by atoms with E-state index in [-0.39, 0.29) is 22.5 Å². The summed E-state index contributed by atoms with van der Waals surface area (Å²) in [5, 5.41) is 4.30. The highest BCUT2D eigenvalue weighted by atomic mass is 35.5. The zero-order valence-corrected chi connectivity index (χ0v) is 24.8. The topological polar surface area (TPSA) is 89.4 Å². The highest BCUT2D eigenvalue weighted by Crippen LogP contribution is 2.35. The summed E-state index contributed by atoms with van der Waals surface area (Å²) in [5.41, 5.74) is 4.01. The van der Waals surface area contributed by atoms with E-state index in [0.29, 0.717) is 47.1 Å². The van der Waals surface area contributed by atoms with E-state index in [1.807, 2.05) is 29.8 Å². The maximum atomic E-state index is 14.3. The lowest BCUT2D eigenvalue weighted by molar-refractivity contribution is 0.0598. The summed E-state index contributed by atoms with van der Waals surface area (Å²) in [4.78, 5) is 36.8. The van der Waals surface area contributed by atoms with Crippen LogP contribution in [0.3, 0.4) is 0 Å². The molecule has 0 bridgehead atoms. The summed E-state index contributed by atoms with van der Waals surface area (Å²) in [6.45, 7) is 10.9. The van der Waals surface area contributed by atoms with Gasteiger partial charge in [-0.1, -0.05) is 17.7 Å². The molecule has 0 radical (unpaired) electrons. The average Bonchev–Trinajstić information content (AvgIpc) is 3.54. The van der Waals surface area contributed by atoms with E-state index < -0.39 is 11.8 Å². The number of aryl methyl sites for hydroxylation is 2. The van der Waals surface area contributed by atoms with Gasteiger partial charge >= 0.3 is 5.97 Å². The Morgan fingerprint density at radius 3 is 2.54 bits per heavy atom. The Hall–Kier alpha value is -3.98. The van der Waals surface area contributed by atoms with Gasteiger partial charge in [0.25, 0.3) is 5.91 Å². The Morgan fingerprint density at radius 1 is 1.12 bits per heavy atom. The molecule has 0 unspecified atom stereocenters. The summed E-state index contributed by atoms with van der Waals surface area (Å²) in [5.74, 6) is -0.400. The van der Waals surface area contributed by atoms with Crippen molar-refractivity contribution in [2.45, 2.75) is 52.6 Å². The molecule has 0 aliphatic carbocycles. The lowest BCUT2D eigenvalue weighted by atomic mass is 10.1. The molecular weight excluding hydrogens is 545 g/mol. The molecule has 3 aromatic heterocycles. The lowest BCUT2D eigenvalue weighted by Gasteiger charge is -2.22. The van der Waals surface area contributed by atoms with Crippen LogP contribution in [0.1, 0.15) is 59.3 Å². The van der Waals surface area contributed by atoms with Crippen LogP contribution in [0, 0.1) is 19.7 Å². The number of methoxy groups -OCH3 is 1. The number of amides is 1. The maximum absolute atomic E-state index is 14.3. The van der Waals surface area contributed by atoms with Gasteiger partial charge in [0, 0.05) is 41.8 Å². The first-order valence-corrected chi connectivity index (χ1v) is 13.9. The predicted octanol–water partition coefficient (Wildman–Crippen LogP) is 6.38. The molecule has 0 saturated carbocycles. The van der Waals surface area contributed by atoms with Gasteiger partial charge in [0.05, 0.1) is 23.4 Å².